The Morgan fingerprint density at radius 3 is 2.58 bits per heavy atom. The molecule has 1 amide bonds. The maximum atomic E-state index is 13.7. The second-order valence-corrected chi connectivity index (χ2v) is 8.16. The Balaban J connectivity index is 1.81. The fraction of sp³-hybridized carbons (Fsp3) is 0.588. The fourth-order valence-electron chi connectivity index (χ4n) is 2.80. The van der Waals surface area contributed by atoms with Crippen LogP contribution in [0.25, 0.3) is 0 Å². The van der Waals surface area contributed by atoms with Gasteiger partial charge in [0.25, 0.3) is 5.91 Å². The summed E-state index contributed by atoms with van der Waals surface area (Å²) < 4.78 is 40.0. The summed E-state index contributed by atoms with van der Waals surface area (Å²) in [5.74, 6) is -0.428. The van der Waals surface area contributed by atoms with Crippen LogP contribution in [0.5, 0.6) is 0 Å². The lowest BCUT2D eigenvalue weighted by Crippen LogP contribution is -2.42. The number of hydrogen-bond acceptors (Lipinski definition) is 3. The molecule has 0 unspecified atom stereocenters. The Morgan fingerprint density at radius 2 is 1.96 bits per heavy atom. The lowest BCUT2D eigenvalue weighted by Gasteiger charge is -2.32. The number of sulfonamides is 1. The normalized spacial score (nSPS) is 16.3. The molecule has 0 aromatic heterocycles. The van der Waals surface area contributed by atoms with Crippen molar-refractivity contribution in [3.8, 4) is 0 Å². The fourth-order valence-corrected chi connectivity index (χ4v) is 4.10. The number of nitrogens with zero attached hydrogens (tertiary/aromatic N) is 1. The standard InChI is InChI=1S/C17H25FN2O3S/c1-2-3-12-24(22,23)19-13-14-8-10-20(11-9-14)17(21)15-6-4-5-7-16(15)18/h4-7,14,19H,2-3,8-13H2,1H3. The molecule has 0 spiro atoms. The molecule has 0 bridgehead atoms. The first-order chi connectivity index (χ1) is 11.4. The second-order valence-electron chi connectivity index (χ2n) is 6.24. The van der Waals surface area contributed by atoms with E-state index in [4.69, 9.17) is 0 Å². The lowest BCUT2D eigenvalue weighted by atomic mass is 9.96. The molecule has 7 heteroatoms. The predicted octanol–water partition coefficient (Wildman–Crippen LogP) is 2.40. The summed E-state index contributed by atoms with van der Waals surface area (Å²) >= 11 is 0. The maximum absolute atomic E-state index is 13.7. The van der Waals surface area contributed by atoms with Crippen LogP contribution in [0, 0.1) is 11.7 Å². The van der Waals surface area contributed by atoms with Crippen LogP contribution in [0.4, 0.5) is 4.39 Å². The zero-order chi connectivity index (χ0) is 17.6. The largest absolute Gasteiger partial charge is 0.339 e. The molecule has 5 nitrogen and oxygen atoms in total. The zero-order valence-electron chi connectivity index (χ0n) is 14.0. The van der Waals surface area contributed by atoms with E-state index in [0.29, 0.717) is 26.1 Å². The molecule has 1 fully saturated rings. The molecule has 1 aromatic rings. The third-order valence-corrected chi connectivity index (χ3v) is 5.80. The van der Waals surface area contributed by atoms with Crippen molar-refractivity contribution in [2.45, 2.75) is 32.6 Å². The van der Waals surface area contributed by atoms with Crippen molar-refractivity contribution in [3.63, 3.8) is 0 Å². The Labute approximate surface area is 143 Å². The van der Waals surface area contributed by atoms with Gasteiger partial charge in [0.05, 0.1) is 11.3 Å². The van der Waals surface area contributed by atoms with Crippen LogP contribution in [-0.4, -0.2) is 44.6 Å². The third-order valence-electron chi connectivity index (χ3n) is 4.36. The highest BCUT2D eigenvalue weighted by molar-refractivity contribution is 7.89. The van der Waals surface area contributed by atoms with E-state index in [1.807, 2.05) is 6.92 Å². The number of hydrogen-bond donors (Lipinski definition) is 1. The molecular formula is C17H25FN2O3S. The summed E-state index contributed by atoms with van der Waals surface area (Å²) in [4.78, 5) is 14.0. The number of carbonyl (C=O) groups is 1. The quantitative estimate of drug-likeness (QED) is 0.816. The molecular weight excluding hydrogens is 331 g/mol. The van der Waals surface area contributed by atoms with Gasteiger partial charge in [-0.3, -0.25) is 4.79 Å². The molecule has 1 N–H and O–H groups in total. The van der Waals surface area contributed by atoms with Crippen LogP contribution in [0.3, 0.4) is 0 Å². The monoisotopic (exact) mass is 356 g/mol. The minimum atomic E-state index is -3.20. The van der Waals surface area contributed by atoms with Crippen molar-refractivity contribution in [2.24, 2.45) is 5.92 Å². The molecule has 1 saturated heterocycles. The van der Waals surface area contributed by atoms with Gasteiger partial charge < -0.3 is 4.90 Å². The maximum Gasteiger partial charge on any atom is 0.256 e. The number of nitrogens with one attached hydrogen (secondary N) is 1. The summed E-state index contributed by atoms with van der Waals surface area (Å²) in [6.07, 6.45) is 2.94. The van der Waals surface area contributed by atoms with Crippen molar-refractivity contribution < 1.29 is 17.6 Å². The van der Waals surface area contributed by atoms with Gasteiger partial charge in [0.1, 0.15) is 5.82 Å². The highest BCUT2D eigenvalue weighted by Gasteiger charge is 2.25. The molecule has 0 radical (unpaired) electrons. The highest BCUT2D eigenvalue weighted by Crippen LogP contribution is 2.19. The number of rotatable bonds is 7. The van der Waals surface area contributed by atoms with Crippen LogP contribution in [0.1, 0.15) is 43.0 Å². The molecule has 134 valence electrons. The lowest BCUT2D eigenvalue weighted by molar-refractivity contribution is 0.0687. The summed E-state index contributed by atoms with van der Waals surface area (Å²) in [5, 5.41) is 0. The molecule has 0 aliphatic carbocycles. The van der Waals surface area contributed by atoms with Gasteiger partial charge in [0, 0.05) is 19.6 Å². The van der Waals surface area contributed by atoms with E-state index in [1.54, 1.807) is 17.0 Å². The summed E-state index contributed by atoms with van der Waals surface area (Å²) in [6.45, 7) is 3.41. The zero-order valence-corrected chi connectivity index (χ0v) is 14.8. The van der Waals surface area contributed by atoms with E-state index >= 15 is 0 Å². The summed E-state index contributed by atoms with van der Waals surface area (Å²) in [6, 6.07) is 5.98. The van der Waals surface area contributed by atoms with E-state index < -0.39 is 15.8 Å². The van der Waals surface area contributed by atoms with Gasteiger partial charge in [-0.25, -0.2) is 17.5 Å². The second kappa shape index (κ2) is 8.58. The minimum absolute atomic E-state index is 0.0937. The van der Waals surface area contributed by atoms with Gasteiger partial charge in [0.2, 0.25) is 10.0 Å². The van der Waals surface area contributed by atoms with Gasteiger partial charge in [-0.15, -0.1) is 0 Å². The first kappa shape index (κ1) is 18.9. The Hall–Kier alpha value is -1.47. The molecule has 1 aliphatic rings. The predicted molar refractivity (Wildman–Crippen MR) is 91.7 cm³/mol. The molecule has 1 aromatic carbocycles. The number of unbranched alkanes of at least 4 members (excludes halogenated alkanes) is 1. The number of amides is 1. The van der Waals surface area contributed by atoms with E-state index in [0.717, 1.165) is 19.3 Å². The smallest absolute Gasteiger partial charge is 0.256 e. The van der Waals surface area contributed by atoms with Crippen LogP contribution in [-0.2, 0) is 10.0 Å². The number of piperidine rings is 1. The molecule has 0 atom stereocenters. The van der Waals surface area contributed by atoms with Crippen LogP contribution >= 0.6 is 0 Å². The molecule has 2 rings (SSSR count). The minimum Gasteiger partial charge on any atom is -0.339 e. The molecule has 0 saturated carbocycles. The molecule has 24 heavy (non-hydrogen) atoms. The first-order valence-corrected chi connectivity index (χ1v) is 10.1. The SMILES string of the molecule is CCCCS(=O)(=O)NCC1CCN(C(=O)c2ccccc2F)CC1. The van der Waals surface area contributed by atoms with E-state index in [2.05, 4.69) is 4.72 Å². The van der Waals surface area contributed by atoms with E-state index in [-0.39, 0.29) is 23.1 Å². The van der Waals surface area contributed by atoms with Gasteiger partial charge in [-0.2, -0.15) is 0 Å². The van der Waals surface area contributed by atoms with Crippen molar-refractivity contribution in [1.29, 1.82) is 0 Å². The van der Waals surface area contributed by atoms with Gasteiger partial charge in [0.15, 0.2) is 0 Å². The molecule has 1 aliphatic heterocycles. The number of benzene rings is 1. The Bertz CT molecular complexity index is 656. The van der Waals surface area contributed by atoms with Gasteiger partial charge >= 0.3 is 0 Å². The average molecular weight is 356 g/mol. The average Bonchev–Trinajstić information content (AvgIpc) is 2.59. The third kappa shape index (κ3) is 5.27. The van der Waals surface area contributed by atoms with Gasteiger partial charge in [-0.1, -0.05) is 25.5 Å². The first-order valence-electron chi connectivity index (χ1n) is 8.44. The summed E-state index contributed by atoms with van der Waals surface area (Å²) in [5.41, 5.74) is 0.0937. The van der Waals surface area contributed by atoms with Crippen molar-refractivity contribution in [2.75, 3.05) is 25.4 Å². The molecule has 1 heterocycles. The van der Waals surface area contributed by atoms with E-state index in [1.165, 1.54) is 12.1 Å². The van der Waals surface area contributed by atoms with E-state index in [9.17, 15) is 17.6 Å². The van der Waals surface area contributed by atoms with Gasteiger partial charge in [-0.05, 0) is 37.3 Å². The Kier molecular flexibility index (Phi) is 6.74. The van der Waals surface area contributed by atoms with Crippen molar-refractivity contribution >= 4 is 15.9 Å². The van der Waals surface area contributed by atoms with Crippen LogP contribution < -0.4 is 4.72 Å². The highest BCUT2D eigenvalue weighted by atomic mass is 32.2. The number of likely N-dealkylation sites (tertiary alicyclic amines) is 1. The Morgan fingerprint density at radius 1 is 1.29 bits per heavy atom. The van der Waals surface area contributed by atoms with Crippen molar-refractivity contribution in [3.05, 3.63) is 35.6 Å². The van der Waals surface area contributed by atoms with Crippen molar-refractivity contribution in [1.82, 2.24) is 9.62 Å². The number of carbonyl (C=O) groups excluding carboxylic acids is 1. The topological polar surface area (TPSA) is 66.5 Å². The van der Waals surface area contributed by atoms with Crippen LogP contribution in [0.15, 0.2) is 24.3 Å². The summed E-state index contributed by atoms with van der Waals surface area (Å²) in [7, 11) is -3.20. The van der Waals surface area contributed by atoms with Crippen LogP contribution in [0.2, 0.25) is 0 Å². The number of halogens is 1.